The van der Waals surface area contributed by atoms with Crippen molar-refractivity contribution >= 4 is 6.09 Å². The molecule has 1 aliphatic heterocycles. The van der Waals surface area contributed by atoms with Crippen molar-refractivity contribution in [2.75, 3.05) is 6.61 Å². The smallest absolute Gasteiger partial charge is 0.407 e. The van der Waals surface area contributed by atoms with Crippen molar-refractivity contribution in [2.45, 2.75) is 24.8 Å². The van der Waals surface area contributed by atoms with Gasteiger partial charge in [-0.1, -0.05) is 0 Å². The van der Waals surface area contributed by atoms with Gasteiger partial charge in [-0.15, -0.1) is 0 Å². The normalized spacial score (nSPS) is 29.1. The van der Waals surface area contributed by atoms with E-state index in [-0.39, 0.29) is 11.6 Å². The number of nitrogens with one attached hydrogen (secondary N) is 1. The molecule has 0 radical (unpaired) electrons. The van der Waals surface area contributed by atoms with Gasteiger partial charge in [-0.25, -0.2) is 4.79 Å². The quantitative estimate of drug-likeness (QED) is 0.518. The zero-order chi connectivity index (χ0) is 6.32. The van der Waals surface area contributed by atoms with Gasteiger partial charge in [0.2, 0.25) is 0 Å². The van der Waals surface area contributed by atoms with Crippen molar-refractivity contribution in [3.63, 3.8) is 0 Å². The Morgan fingerprint density at radius 3 is 2.67 bits per heavy atom. The molecule has 2 fully saturated rings. The van der Waals surface area contributed by atoms with E-state index in [2.05, 4.69) is 5.32 Å². The van der Waals surface area contributed by atoms with Crippen LogP contribution in [0.3, 0.4) is 0 Å². The lowest BCUT2D eigenvalue weighted by Crippen LogP contribution is -2.42. The number of carbonyl (C=O) groups excluding carboxylic acids is 1. The molecule has 2 rings (SSSR count). The molecule has 0 bridgehead atoms. The van der Waals surface area contributed by atoms with E-state index >= 15 is 0 Å². The van der Waals surface area contributed by atoms with Crippen LogP contribution >= 0.6 is 0 Å². The summed E-state index contributed by atoms with van der Waals surface area (Å²) in [4.78, 5) is 10.6. The van der Waals surface area contributed by atoms with Gasteiger partial charge in [-0.2, -0.15) is 0 Å². The van der Waals surface area contributed by atoms with Crippen LogP contribution in [0.4, 0.5) is 4.79 Å². The van der Waals surface area contributed by atoms with Crippen LogP contribution in [0.5, 0.6) is 0 Å². The molecule has 1 amide bonds. The lowest BCUT2D eigenvalue weighted by molar-refractivity contribution is 0.111. The zero-order valence-corrected chi connectivity index (χ0v) is 5.14. The molecule has 0 aromatic heterocycles. The Morgan fingerprint density at radius 2 is 2.22 bits per heavy atom. The zero-order valence-electron chi connectivity index (χ0n) is 5.14. The highest BCUT2D eigenvalue weighted by atomic mass is 16.6. The Kier molecular flexibility index (Phi) is 0.793. The average molecular weight is 127 g/mol. The van der Waals surface area contributed by atoms with Gasteiger partial charge in [0.25, 0.3) is 0 Å². The summed E-state index contributed by atoms with van der Waals surface area (Å²) in [6, 6.07) is 0. The second-order valence-corrected chi connectivity index (χ2v) is 2.79. The lowest BCUT2D eigenvalue weighted by Gasteiger charge is -2.22. The molecule has 1 N–H and O–H groups in total. The van der Waals surface area contributed by atoms with Gasteiger partial charge in [-0.05, 0) is 12.8 Å². The predicted octanol–water partition coefficient (Wildman–Crippen LogP) is 0.649. The molecule has 1 saturated carbocycles. The molecule has 0 aromatic rings. The fourth-order valence-corrected chi connectivity index (χ4v) is 1.18. The summed E-state index contributed by atoms with van der Waals surface area (Å²) >= 11 is 0. The summed E-state index contributed by atoms with van der Waals surface area (Å²) in [5.41, 5.74) is 0.176. The third-order valence-corrected chi connectivity index (χ3v) is 2.03. The molecule has 1 aliphatic carbocycles. The maximum Gasteiger partial charge on any atom is 0.407 e. The Hall–Kier alpha value is -0.730. The SMILES string of the molecule is O=C1NC2(CCO1)CC2. The first-order chi connectivity index (χ1) is 4.31. The first-order valence-corrected chi connectivity index (χ1v) is 3.26. The standard InChI is InChI=1S/C6H9NO2/c8-5-7-6(1-2-6)3-4-9-5/h1-4H2,(H,7,8). The number of ether oxygens (including phenoxy) is 1. The van der Waals surface area contributed by atoms with Gasteiger partial charge in [0.15, 0.2) is 0 Å². The maximum absolute atomic E-state index is 10.6. The Bertz CT molecular complexity index is 151. The number of hydrogen-bond acceptors (Lipinski definition) is 2. The molecule has 3 heteroatoms. The highest BCUT2D eigenvalue weighted by molar-refractivity contribution is 5.69. The monoisotopic (exact) mass is 127 g/mol. The minimum absolute atomic E-state index is 0.176. The van der Waals surface area contributed by atoms with E-state index in [1.54, 1.807) is 0 Å². The van der Waals surface area contributed by atoms with Crippen molar-refractivity contribution in [1.29, 1.82) is 0 Å². The Morgan fingerprint density at radius 1 is 1.44 bits per heavy atom. The number of amides is 1. The number of hydrogen-bond donors (Lipinski definition) is 1. The second-order valence-electron chi connectivity index (χ2n) is 2.79. The highest BCUT2D eigenvalue weighted by Gasteiger charge is 2.46. The van der Waals surface area contributed by atoms with E-state index in [0.29, 0.717) is 6.61 Å². The summed E-state index contributed by atoms with van der Waals surface area (Å²) in [6.07, 6.45) is 3.04. The van der Waals surface area contributed by atoms with Crippen molar-refractivity contribution in [3.05, 3.63) is 0 Å². The summed E-state index contributed by atoms with van der Waals surface area (Å²) in [7, 11) is 0. The van der Waals surface area contributed by atoms with Crippen LogP contribution in [0.2, 0.25) is 0 Å². The third kappa shape index (κ3) is 0.763. The maximum atomic E-state index is 10.6. The van der Waals surface area contributed by atoms with Gasteiger partial charge >= 0.3 is 6.09 Å². The minimum atomic E-state index is -0.237. The molecule has 2 aliphatic rings. The van der Waals surface area contributed by atoms with Crippen LogP contribution in [-0.4, -0.2) is 18.2 Å². The number of cyclic esters (lactones) is 1. The summed E-state index contributed by atoms with van der Waals surface area (Å²) < 4.78 is 4.70. The Balaban J connectivity index is 2.04. The first-order valence-electron chi connectivity index (χ1n) is 3.26. The molecular formula is C6H9NO2. The van der Waals surface area contributed by atoms with Gasteiger partial charge in [0, 0.05) is 12.0 Å². The van der Waals surface area contributed by atoms with E-state index in [9.17, 15) is 4.79 Å². The van der Waals surface area contributed by atoms with Crippen molar-refractivity contribution < 1.29 is 9.53 Å². The molecule has 1 heterocycles. The molecule has 0 atom stereocenters. The number of rotatable bonds is 0. The van der Waals surface area contributed by atoms with Crippen molar-refractivity contribution in [1.82, 2.24) is 5.32 Å². The van der Waals surface area contributed by atoms with E-state index in [1.807, 2.05) is 0 Å². The van der Waals surface area contributed by atoms with Crippen LogP contribution in [0.15, 0.2) is 0 Å². The second kappa shape index (κ2) is 1.40. The van der Waals surface area contributed by atoms with Crippen molar-refractivity contribution in [2.24, 2.45) is 0 Å². The number of alkyl carbamates (subject to hydrolysis) is 1. The topological polar surface area (TPSA) is 38.3 Å². The molecule has 3 nitrogen and oxygen atoms in total. The van der Waals surface area contributed by atoms with E-state index in [4.69, 9.17) is 4.74 Å². The molecule has 1 spiro atoms. The third-order valence-electron chi connectivity index (χ3n) is 2.03. The molecule has 9 heavy (non-hydrogen) atoms. The summed E-state index contributed by atoms with van der Waals surface area (Å²) in [5.74, 6) is 0. The van der Waals surface area contributed by atoms with Crippen LogP contribution in [0, 0.1) is 0 Å². The first kappa shape index (κ1) is 5.09. The van der Waals surface area contributed by atoms with Crippen LogP contribution in [0.25, 0.3) is 0 Å². The number of carbonyl (C=O) groups is 1. The van der Waals surface area contributed by atoms with E-state index in [1.165, 1.54) is 0 Å². The van der Waals surface area contributed by atoms with Crippen molar-refractivity contribution in [3.8, 4) is 0 Å². The molecule has 0 unspecified atom stereocenters. The summed E-state index contributed by atoms with van der Waals surface area (Å²) in [6.45, 7) is 0.603. The summed E-state index contributed by atoms with van der Waals surface area (Å²) in [5, 5.41) is 2.81. The lowest BCUT2D eigenvalue weighted by atomic mass is 10.2. The minimum Gasteiger partial charge on any atom is -0.449 e. The fourth-order valence-electron chi connectivity index (χ4n) is 1.18. The predicted molar refractivity (Wildman–Crippen MR) is 31.1 cm³/mol. The van der Waals surface area contributed by atoms with Crippen LogP contribution in [-0.2, 0) is 4.74 Å². The van der Waals surface area contributed by atoms with Gasteiger partial charge < -0.3 is 10.1 Å². The average Bonchev–Trinajstić information content (AvgIpc) is 2.49. The van der Waals surface area contributed by atoms with Gasteiger partial charge in [0.05, 0.1) is 6.61 Å². The fraction of sp³-hybridized carbons (Fsp3) is 0.833. The van der Waals surface area contributed by atoms with Crippen LogP contribution in [0.1, 0.15) is 19.3 Å². The van der Waals surface area contributed by atoms with E-state index in [0.717, 1.165) is 19.3 Å². The molecule has 50 valence electrons. The molecule has 1 saturated heterocycles. The highest BCUT2D eigenvalue weighted by Crippen LogP contribution is 2.40. The Labute approximate surface area is 53.4 Å². The molecular weight excluding hydrogens is 118 g/mol. The van der Waals surface area contributed by atoms with E-state index < -0.39 is 0 Å². The van der Waals surface area contributed by atoms with Gasteiger partial charge in [-0.3, -0.25) is 0 Å². The largest absolute Gasteiger partial charge is 0.449 e. The van der Waals surface area contributed by atoms with Crippen LogP contribution < -0.4 is 5.32 Å². The molecule has 0 aromatic carbocycles. The van der Waals surface area contributed by atoms with Gasteiger partial charge in [0.1, 0.15) is 0 Å².